The van der Waals surface area contributed by atoms with Crippen molar-refractivity contribution in [2.75, 3.05) is 5.73 Å². The first-order valence-corrected chi connectivity index (χ1v) is 9.32. The van der Waals surface area contributed by atoms with Crippen molar-refractivity contribution in [3.05, 3.63) is 65.7 Å². The van der Waals surface area contributed by atoms with Crippen LogP contribution in [0.15, 0.2) is 54.6 Å². The Balaban J connectivity index is 1.99. The van der Waals surface area contributed by atoms with Gasteiger partial charge in [-0.2, -0.15) is 5.26 Å². The van der Waals surface area contributed by atoms with Crippen molar-refractivity contribution in [1.29, 1.82) is 5.26 Å². The van der Waals surface area contributed by atoms with Crippen LogP contribution in [0.25, 0.3) is 22.4 Å². The number of rotatable bonds is 5. The number of nitrogens with zero attached hydrogens (tertiary/aromatic N) is 2. The summed E-state index contributed by atoms with van der Waals surface area (Å²) in [6.07, 6.45) is -3.81. The molecule has 0 atom stereocenters. The molecule has 0 amide bonds. The van der Waals surface area contributed by atoms with Crippen LogP contribution in [0.2, 0.25) is 0 Å². The van der Waals surface area contributed by atoms with E-state index in [-0.39, 0.29) is 17.1 Å². The first-order chi connectivity index (χ1) is 14.2. The van der Waals surface area contributed by atoms with E-state index in [1.807, 2.05) is 30.3 Å². The molecule has 4 nitrogen and oxygen atoms in total. The molecular formula is C23H20F3N3O. The fourth-order valence-electron chi connectivity index (χ4n) is 3.18. The second-order valence-corrected chi connectivity index (χ2v) is 7.29. The summed E-state index contributed by atoms with van der Waals surface area (Å²) in [5.41, 5.74) is 9.81. The number of hydrogen-bond acceptors (Lipinski definition) is 4. The minimum Gasteiger partial charge on any atom is -0.406 e. The van der Waals surface area contributed by atoms with Gasteiger partial charge in [-0.3, -0.25) is 0 Å². The average Bonchev–Trinajstić information content (AvgIpc) is 2.67. The van der Waals surface area contributed by atoms with E-state index in [0.717, 1.165) is 12.0 Å². The van der Waals surface area contributed by atoms with Gasteiger partial charge in [-0.25, -0.2) is 4.98 Å². The maximum atomic E-state index is 12.4. The standard InChI is InChI=1S/C23H20F3N3O/c1-14(2)11-15-3-5-17(6-4-15)21-12-19(20(13-27)22(28)29-21)16-7-9-18(10-8-16)30-23(24,25)26/h3-10,12,14H,11H2,1-2H3,(H2,28,29). The van der Waals surface area contributed by atoms with Crippen LogP contribution < -0.4 is 10.5 Å². The van der Waals surface area contributed by atoms with E-state index in [4.69, 9.17) is 5.73 Å². The fourth-order valence-corrected chi connectivity index (χ4v) is 3.18. The van der Waals surface area contributed by atoms with Gasteiger partial charge in [-0.1, -0.05) is 50.2 Å². The highest BCUT2D eigenvalue weighted by Crippen LogP contribution is 2.33. The highest BCUT2D eigenvalue weighted by Gasteiger charge is 2.31. The van der Waals surface area contributed by atoms with Gasteiger partial charge in [0.25, 0.3) is 0 Å². The van der Waals surface area contributed by atoms with Gasteiger partial charge in [0.05, 0.1) is 5.69 Å². The number of alkyl halides is 3. The SMILES string of the molecule is CC(C)Cc1ccc(-c2cc(-c3ccc(OC(F)(F)F)cc3)c(C#N)c(N)n2)cc1. The predicted octanol–water partition coefficient (Wildman–Crippen LogP) is 5.97. The minimum absolute atomic E-state index is 0.0619. The van der Waals surface area contributed by atoms with Crippen molar-refractivity contribution in [3.63, 3.8) is 0 Å². The third-order valence-electron chi connectivity index (χ3n) is 4.45. The van der Waals surface area contributed by atoms with E-state index in [0.29, 0.717) is 22.7 Å². The Labute approximate surface area is 172 Å². The first kappa shape index (κ1) is 21.2. The summed E-state index contributed by atoms with van der Waals surface area (Å²) < 4.78 is 41.1. The molecule has 0 bridgehead atoms. The molecule has 0 aliphatic carbocycles. The maximum absolute atomic E-state index is 12.4. The first-order valence-electron chi connectivity index (χ1n) is 9.32. The summed E-state index contributed by atoms with van der Waals surface area (Å²) >= 11 is 0. The second kappa shape index (κ2) is 8.46. The van der Waals surface area contributed by atoms with Crippen LogP contribution in [0.3, 0.4) is 0 Å². The van der Waals surface area contributed by atoms with E-state index >= 15 is 0 Å². The number of nitriles is 1. The summed E-state index contributed by atoms with van der Waals surface area (Å²) in [6.45, 7) is 4.29. The number of pyridine rings is 1. The van der Waals surface area contributed by atoms with Crippen molar-refractivity contribution >= 4 is 5.82 Å². The normalized spacial score (nSPS) is 11.4. The Bertz CT molecular complexity index is 1070. The van der Waals surface area contributed by atoms with Gasteiger partial charge in [0, 0.05) is 11.1 Å². The lowest BCUT2D eigenvalue weighted by Gasteiger charge is -2.12. The molecule has 30 heavy (non-hydrogen) atoms. The summed E-state index contributed by atoms with van der Waals surface area (Å²) in [5, 5.41) is 9.51. The Hall–Kier alpha value is -3.53. The van der Waals surface area contributed by atoms with E-state index in [2.05, 4.69) is 23.6 Å². The molecule has 2 aromatic carbocycles. The Kier molecular flexibility index (Phi) is 5.97. The van der Waals surface area contributed by atoms with Crippen LogP contribution in [-0.4, -0.2) is 11.3 Å². The van der Waals surface area contributed by atoms with E-state index in [9.17, 15) is 18.4 Å². The van der Waals surface area contributed by atoms with Gasteiger partial charge in [-0.05, 0) is 41.7 Å². The van der Waals surface area contributed by atoms with Crippen LogP contribution in [0, 0.1) is 17.2 Å². The number of ether oxygens (including phenoxy) is 1. The lowest BCUT2D eigenvalue weighted by atomic mass is 9.97. The van der Waals surface area contributed by atoms with Crippen LogP contribution in [-0.2, 0) is 6.42 Å². The Morgan fingerprint density at radius 3 is 2.17 bits per heavy atom. The molecule has 0 aliphatic rings. The zero-order valence-corrected chi connectivity index (χ0v) is 16.5. The van der Waals surface area contributed by atoms with Crippen molar-refractivity contribution in [2.45, 2.75) is 26.6 Å². The van der Waals surface area contributed by atoms with Crippen molar-refractivity contribution < 1.29 is 17.9 Å². The molecule has 0 aliphatic heterocycles. The molecule has 7 heteroatoms. The zero-order chi connectivity index (χ0) is 21.9. The lowest BCUT2D eigenvalue weighted by Crippen LogP contribution is -2.16. The van der Waals surface area contributed by atoms with E-state index < -0.39 is 6.36 Å². The quantitative estimate of drug-likeness (QED) is 0.562. The molecule has 2 N–H and O–H groups in total. The monoisotopic (exact) mass is 411 g/mol. The number of nitrogen functional groups attached to an aromatic ring is 1. The Morgan fingerprint density at radius 1 is 1.03 bits per heavy atom. The highest BCUT2D eigenvalue weighted by atomic mass is 19.4. The average molecular weight is 411 g/mol. The van der Waals surface area contributed by atoms with Gasteiger partial charge in [0.1, 0.15) is 23.2 Å². The Morgan fingerprint density at radius 2 is 1.63 bits per heavy atom. The molecule has 0 spiro atoms. The molecule has 0 saturated heterocycles. The van der Waals surface area contributed by atoms with Crippen LogP contribution in [0.4, 0.5) is 19.0 Å². The van der Waals surface area contributed by atoms with Gasteiger partial charge in [0.15, 0.2) is 0 Å². The topological polar surface area (TPSA) is 71.9 Å². The van der Waals surface area contributed by atoms with Crippen LogP contribution in [0.1, 0.15) is 25.0 Å². The molecule has 0 radical (unpaired) electrons. The number of anilines is 1. The third-order valence-corrected chi connectivity index (χ3v) is 4.45. The summed E-state index contributed by atoms with van der Waals surface area (Å²) in [5.74, 6) is 0.259. The predicted molar refractivity (Wildman–Crippen MR) is 109 cm³/mol. The molecule has 0 saturated carbocycles. The molecule has 0 unspecified atom stereocenters. The minimum atomic E-state index is -4.77. The van der Waals surface area contributed by atoms with Gasteiger partial charge < -0.3 is 10.5 Å². The van der Waals surface area contributed by atoms with Crippen LogP contribution >= 0.6 is 0 Å². The van der Waals surface area contributed by atoms with Gasteiger partial charge >= 0.3 is 6.36 Å². The third kappa shape index (κ3) is 5.09. The van der Waals surface area contributed by atoms with Gasteiger partial charge in [-0.15, -0.1) is 13.2 Å². The molecule has 1 aromatic heterocycles. The zero-order valence-electron chi connectivity index (χ0n) is 16.5. The largest absolute Gasteiger partial charge is 0.573 e. The molecule has 3 aromatic rings. The molecular weight excluding hydrogens is 391 g/mol. The van der Waals surface area contributed by atoms with Crippen LogP contribution in [0.5, 0.6) is 5.75 Å². The summed E-state index contributed by atoms with van der Waals surface area (Å²) in [6, 6.07) is 17.0. The fraction of sp³-hybridized carbons (Fsp3) is 0.217. The van der Waals surface area contributed by atoms with E-state index in [1.165, 1.54) is 29.8 Å². The highest BCUT2D eigenvalue weighted by molar-refractivity contribution is 5.80. The smallest absolute Gasteiger partial charge is 0.406 e. The number of nitrogens with two attached hydrogens (primary N) is 1. The number of halogens is 3. The number of benzene rings is 2. The lowest BCUT2D eigenvalue weighted by molar-refractivity contribution is -0.274. The number of hydrogen-bond donors (Lipinski definition) is 1. The maximum Gasteiger partial charge on any atom is 0.573 e. The number of aromatic nitrogens is 1. The summed E-state index contributed by atoms with van der Waals surface area (Å²) in [4.78, 5) is 4.34. The van der Waals surface area contributed by atoms with Crippen molar-refractivity contribution in [1.82, 2.24) is 4.98 Å². The molecule has 154 valence electrons. The van der Waals surface area contributed by atoms with Crippen molar-refractivity contribution in [3.8, 4) is 34.2 Å². The van der Waals surface area contributed by atoms with Gasteiger partial charge in [0.2, 0.25) is 0 Å². The summed E-state index contributed by atoms with van der Waals surface area (Å²) in [7, 11) is 0. The molecule has 1 heterocycles. The molecule has 0 fully saturated rings. The second-order valence-electron chi connectivity index (χ2n) is 7.29. The van der Waals surface area contributed by atoms with E-state index in [1.54, 1.807) is 6.07 Å². The molecule has 3 rings (SSSR count). The van der Waals surface area contributed by atoms with Crippen molar-refractivity contribution in [2.24, 2.45) is 5.92 Å².